The molecule has 3 rings (SSSR count). The van der Waals surface area contributed by atoms with Crippen molar-refractivity contribution in [1.82, 2.24) is 9.88 Å². The molecular weight excluding hydrogens is 410 g/mol. The van der Waals surface area contributed by atoms with E-state index < -0.39 is 23.6 Å². The van der Waals surface area contributed by atoms with Crippen molar-refractivity contribution in [3.8, 4) is 16.9 Å². The quantitative estimate of drug-likeness (QED) is 0.470. The van der Waals surface area contributed by atoms with Gasteiger partial charge in [-0.05, 0) is 42.2 Å². The zero-order chi connectivity index (χ0) is 23.4. The van der Waals surface area contributed by atoms with E-state index >= 15 is 0 Å². The number of aliphatic carboxylic acids is 1. The molecule has 0 saturated carbocycles. The minimum absolute atomic E-state index is 0.270. The molecule has 2 aromatic carbocycles. The monoisotopic (exact) mass is 435 g/mol. The van der Waals surface area contributed by atoms with Crippen LogP contribution in [0.25, 0.3) is 11.1 Å². The van der Waals surface area contributed by atoms with Gasteiger partial charge in [-0.3, -0.25) is 9.59 Å². The number of urea groups is 1. The highest BCUT2D eigenvalue weighted by molar-refractivity contribution is 5.91. The molecule has 0 bridgehead atoms. The Morgan fingerprint density at radius 3 is 2.41 bits per heavy atom. The van der Waals surface area contributed by atoms with E-state index in [1.54, 1.807) is 13.0 Å². The fourth-order valence-corrected chi connectivity index (χ4v) is 3.52. The van der Waals surface area contributed by atoms with Gasteiger partial charge >= 0.3 is 12.0 Å². The Kier molecular flexibility index (Phi) is 6.63. The van der Waals surface area contributed by atoms with Crippen molar-refractivity contribution in [2.75, 3.05) is 5.32 Å². The molecule has 2 amide bonds. The summed E-state index contributed by atoms with van der Waals surface area (Å²) in [6.07, 6.45) is 1.09. The predicted molar refractivity (Wildman–Crippen MR) is 122 cm³/mol. The van der Waals surface area contributed by atoms with Crippen LogP contribution < -0.4 is 16.2 Å². The lowest BCUT2D eigenvalue weighted by molar-refractivity contribution is -0.137. The number of aromatic hydroxyl groups is 1. The number of carbonyl (C=O) groups is 2. The van der Waals surface area contributed by atoms with Gasteiger partial charge in [0.2, 0.25) is 0 Å². The van der Waals surface area contributed by atoms with Crippen LogP contribution in [0.4, 0.5) is 10.5 Å². The fraction of sp³-hybridized carbons (Fsp3) is 0.208. The minimum Gasteiger partial charge on any atom is -0.505 e. The first-order valence-electron chi connectivity index (χ1n) is 10.0. The molecule has 4 N–H and O–H groups in total. The zero-order valence-electron chi connectivity index (χ0n) is 18.0. The molecule has 8 heteroatoms. The van der Waals surface area contributed by atoms with Crippen LogP contribution in [0.2, 0.25) is 0 Å². The molecule has 1 heterocycles. The summed E-state index contributed by atoms with van der Waals surface area (Å²) in [7, 11) is 1.50. The molecule has 0 aliphatic heterocycles. The second-order valence-corrected chi connectivity index (χ2v) is 7.64. The number of amides is 2. The molecule has 32 heavy (non-hydrogen) atoms. The van der Waals surface area contributed by atoms with Gasteiger partial charge in [0, 0.05) is 18.8 Å². The highest BCUT2D eigenvalue weighted by Gasteiger charge is 2.21. The van der Waals surface area contributed by atoms with Gasteiger partial charge in [0.05, 0.1) is 12.5 Å². The first kappa shape index (κ1) is 22.6. The molecule has 166 valence electrons. The lowest BCUT2D eigenvalue weighted by Crippen LogP contribution is -2.36. The Morgan fingerprint density at radius 1 is 1.06 bits per heavy atom. The lowest BCUT2D eigenvalue weighted by Gasteiger charge is -2.20. The summed E-state index contributed by atoms with van der Waals surface area (Å²) in [5.41, 5.74) is 3.06. The number of carboxylic acid groups (broad SMARTS) is 1. The van der Waals surface area contributed by atoms with Gasteiger partial charge in [-0.25, -0.2) is 4.79 Å². The summed E-state index contributed by atoms with van der Waals surface area (Å²) in [6.45, 7) is 3.55. The number of nitrogens with one attached hydrogen (secondary N) is 2. The number of anilines is 1. The van der Waals surface area contributed by atoms with Gasteiger partial charge in [0.1, 0.15) is 5.75 Å². The zero-order valence-corrected chi connectivity index (χ0v) is 18.0. The van der Waals surface area contributed by atoms with Crippen molar-refractivity contribution in [3.63, 3.8) is 0 Å². The number of carbonyl (C=O) groups excluding carboxylic acids is 1. The Labute approximate surface area is 185 Å². The molecule has 3 aromatic rings. The standard InChI is InChI=1S/C24H25N3O5/c1-14-9-10-17(11-18(14)16-7-5-4-6-8-16)19(12-20(28)29)25-24(32)26-21-22(30)15(2)13-27(3)23(21)31/h4-11,13,19,30H,12H2,1-3H3,(H,28,29)(H2,25,26,32)/t19-/m0/s1. The number of aryl methyl sites for hydroxylation is 3. The van der Waals surface area contributed by atoms with E-state index in [0.717, 1.165) is 16.7 Å². The normalized spacial score (nSPS) is 11.6. The van der Waals surface area contributed by atoms with E-state index in [9.17, 15) is 24.6 Å². The number of rotatable bonds is 6. The van der Waals surface area contributed by atoms with Crippen molar-refractivity contribution in [2.45, 2.75) is 26.3 Å². The highest BCUT2D eigenvalue weighted by atomic mass is 16.4. The Hall–Kier alpha value is -4.07. The molecule has 0 aliphatic rings. The average molecular weight is 435 g/mol. The number of hydrogen-bond donors (Lipinski definition) is 4. The van der Waals surface area contributed by atoms with Crippen molar-refractivity contribution in [1.29, 1.82) is 0 Å². The summed E-state index contributed by atoms with van der Waals surface area (Å²) >= 11 is 0. The molecule has 0 fully saturated rings. The molecule has 0 unspecified atom stereocenters. The molecule has 0 aliphatic carbocycles. The first-order valence-corrected chi connectivity index (χ1v) is 10.0. The number of aromatic nitrogens is 1. The Bertz CT molecular complexity index is 1220. The van der Waals surface area contributed by atoms with Crippen LogP contribution >= 0.6 is 0 Å². The number of carboxylic acids is 1. The molecule has 1 atom stereocenters. The smallest absolute Gasteiger partial charge is 0.319 e. The fourth-order valence-electron chi connectivity index (χ4n) is 3.52. The summed E-state index contributed by atoms with van der Waals surface area (Å²) in [4.78, 5) is 36.4. The maximum Gasteiger partial charge on any atom is 0.319 e. The maximum absolute atomic E-state index is 12.7. The number of hydrogen-bond acceptors (Lipinski definition) is 4. The van der Waals surface area contributed by atoms with Crippen LogP contribution in [0.5, 0.6) is 5.75 Å². The summed E-state index contributed by atoms with van der Waals surface area (Å²) in [5, 5.41) is 24.6. The molecule has 8 nitrogen and oxygen atoms in total. The third kappa shape index (κ3) is 4.97. The maximum atomic E-state index is 12.7. The molecule has 1 aromatic heterocycles. The van der Waals surface area contributed by atoms with Crippen LogP contribution in [-0.4, -0.2) is 26.8 Å². The molecule has 0 radical (unpaired) electrons. The number of nitrogens with zero attached hydrogens (tertiary/aromatic N) is 1. The minimum atomic E-state index is -1.09. The van der Waals surface area contributed by atoms with Crippen LogP contribution in [0.1, 0.15) is 29.2 Å². The van der Waals surface area contributed by atoms with Crippen molar-refractivity contribution < 1.29 is 19.8 Å². The van der Waals surface area contributed by atoms with E-state index in [4.69, 9.17) is 0 Å². The van der Waals surface area contributed by atoms with Gasteiger partial charge in [-0.15, -0.1) is 0 Å². The van der Waals surface area contributed by atoms with Crippen LogP contribution in [0.3, 0.4) is 0 Å². The third-order valence-electron chi connectivity index (χ3n) is 5.20. The van der Waals surface area contributed by atoms with E-state index in [1.165, 1.54) is 17.8 Å². The Morgan fingerprint density at radius 2 is 1.75 bits per heavy atom. The van der Waals surface area contributed by atoms with E-state index in [2.05, 4.69) is 10.6 Å². The van der Waals surface area contributed by atoms with E-state index in [-0.39, 0.29) is 17.9 Å². The van der Waals surface area contributed by atoms with E-state index in [1.807, 2.05) is 49.4 Å². The average Bonchev–Trinajstić information content (AvgIpc) is 2.75. The summed E-state index contributed by atoms with van der Waals surface area (Å²) in [6, 6.07) is 13.5. The van der Waals surface area contributed by atoms with Crippen molar-refractivity contribution in [2.24, 2.45) is 7.05 Å². The molecule has 0 saturated heterocycles. The summed E-state index contributed by atoms with van der Waals surface area (Å²) in [5.74, 6) is -1.42. The van der Waals surface area contributed by atoms with Gasteiger partial charge in [0.15, 0.2) is 5.69 Å². The van der Waals surface area contributed by atoms with Gasteiger partial charge in [-0.1, -0.05) is 42.5 Å². The van der Waals surface area contributed by atoms with Gasteiger partial charge in [-0.2, -0.15) is 0 Å². The lowest BCUT2D eigenvalue weighted by atomic mass is 9.94. The summed E-state index contributed by atoms with van der Waals surface area (Å²) < 4.78 is 1.24. The van der Waals surface area contributed by atoms with Gasteiger partial charge in [0.25, 0.3) is 5.56 Å². The van der Waals surface area contributed by atoms with Crippen LogP contribution in [-0.2, 0) is 11.8 Å². The van der Waals surface area contributed by atoms with E-state index in [0.29, 0.717) is 11.1 Å². The second kappa shape index (κ2) is 9.38. The first-order chi connectivity index (χ1) is 15.2. The van der Waals surface area contributed by atoms with Crippen LogP contribution in [0.15, 0.2) is 59.5 Å². The topological polar surface area (TPSA) is 121 Å². The van der Waals surface area contributed by atoms with Crippen LogP contribution in [0, 0.1) is 13.8 Å². The Balaban J connectivity index is 1.91. The largest absolute Gasteiger partial charge is 0.505 e. The third-order valence-corrected chi connectivity index (χ3v) is 5.20. The molecule has 0 spiro atoms. The second-order valence-electron chi connectivity index (χ2n) is 7.64. The molecular formula is C24H25N3O5. The van der Waals surface area contributed by atoms with Gasteiger partial charge < -0.3 is 25.4 Å². The SMILES string of the molecule is Cc1ccc([C@H](CC(=O)O)NC(=O)Nc2c(O)c(C)cn(C)c2=O)cc1-c1ccccc1. The predicted octanol–water partition coefficient (Wildman–Crippen LogP) is 3.71. The highest BCUT2D eigenvalue weighted by Crippen LogP contribution is 2.28. The van der Waals surface area contributed by atoms with Crippen molar-refractivity contribution in [3.05, 3.63) is 81.8 Å². The van der Waals surface area contributed by atoms with Crippen molar-refractivity contribution >= 4 is 17.7 Å². The number of pyridine rings is 1. The number of benzene rings is 2.